The van der Waals surface area contributed by atoms with Gasteiger partial charge in [0.05, 0.1) is 0 Å². The Labute approximate surface area is 135 Å². The Bertz CT molecular complexity index is 598. The highest BCUT2D eigenvalue weighted by molar-refractivity contribution is 9.10. The van der Waals surface area contributed by atoms with E-state index in [2.05, 4.69) is 58.3 Å². The molecule has 0 bridgehead atoms. The van der Waals surface area contributed by atoms with E-state index in [1.54, 1.807) is 6.20 Å². The van der Waals surface area contributed by atoms with Gasteiger partial charge in [-0.05, 0) is 55.1 Å². The van der Waals surface area contributed by atoms with E-state index in [1.807, 2.05) is 12.1 Å². The molecule has 4 heteroatoms. The number of rotatable bonds is 6. The van der Waals surface area contributed by atoms with Crippen molar-refractivity contribution < 1.29 is 0 Å². The van der Waals surface area contributed by atoms with Crippen molar-refractivity contribution in [2.24, 2.45) is 0 Å². The van der Waals surface area contributed by atoms with Gasteiger partial charge >= 0.3 is 0 Å². The molecule has 3 nitrogen and oxygen atoms in total. The van der Waals surface area contributed by atoms with Crippen LogP contribution in [0.2, 0.25) is 0 Å². The molecule has 2 aromatic rings. The predicted octanol–water partition coefficient (Wildman–Crippen LogP) is 4.02. The highest BCUT2D eigenvalue weighted by Crippen LogP contribution is 2.25. The van der Waals surface area contributed by atoms with Crippen LogP contribution in [0.15, 0.2) is 41.0 Å². The van der Waals surface area contributed by atoms with E-state index in [4.69, 9.17) is 5.73 Å². The zero-order valence-corrected chi connectivity index (χ0v) is 14.2. The molecule has 0 spiro atoms. The van der Waals surface area contributed by atoms with Crippen molar-refractivity contribution in [2.75, 3.05) is 12.3 Å². The maximum Gasteiger partial charge on any atom is 0.126 e. The second-order valence-corrected chi connectivity index (χ2v) is 6.12. The summed E-state index contributed by atoms with van der Waals surface area (Å²) in [4.78, 5) is 4.18. The molecule has 0 fully saturated rings. The number of hydrogen-bond donors (Lipinski definition) is 2. The average Bonchev–Trinajstić information content (AvgIpc) is 2.48. The summed E-state index contributed by atoms with van der Waals surface area (Å²) in [7, 11) is 0. The molecule has 0 aliphatic heterocycles. The lowest BCUT2D eigenvalue weighted by Crippen LogP contribution is -2.24. The molecule has 112 valence electrons. The summed E-state index contributed by atoms with van der Waals surface area (Å²) in [5, 5.41) is 3.60. The van der Waals surface area contributed by atoms with Crippen LogP contribution in [-0.4, -0.2) is 11.5 Å². The number of nitrogens with one attached hydrogen (secondary N) is 1. The highest BCUT2D eigenvalue weighted by atomic mass is 79.9. The Kier molecular flexibility index (Phi) is 5.76. The summed E-state index contributed by atoms with van der Waals surface area (Å²) in [6, 6.07) is 10.7. The molecule has 0 aliphatic rings. The van der Waals surface area contributed by atoms with Crippen molar-refractivity contribution in [3.05, 3.63) is 57.7 Å². The number of aryl methyl sites for hydroxylation is 1. The van der Waals surface area contributed by atoms with Crippen molar-refractivity contribution in [2.45, 2.75) is 32.7 Å². The van der Waals surface area contributed by atoms with Crippen molar-refractivity contribution in [1.82, 2.24) is 10.3 Å². The van der Waals surface area contributed by atoms with Gasteiger partial charge in [-0.3, -0.25) is 0 Å². The Hall–Kier alpha value is -1.39. The van der Waals surface area contributed by atoms with Gasteiger partial charge in [0.25, 0.3) is 0 Å². The van der Waals surface area contributed by atoms with Crippen LogP contribution in [0.5, 0.6) is 0 Å². The summed E-state index contributed by atoms with van der Waals surface area (Å²) < 4.78 is 1.14. The summed E-state index contributed by atoms with van der Waals surface area (Å²) >= 11 is 3.62. The van der Waals surface area contributed by atoms with E-state index >= 15 is 0 Å². The number of nitrogens with two attached hydrogens (primary N) is 1. The normalized spacial score (nSPS) is 12.3. The molecule has 1 atom stereocenters. The van der Waals surface area contributed by atoms with Gasteiger partial charge in [-0.2, -0.15) is 0 Å². The first-order valence-corrected chi connectivity index (χ1v) is 8.10. The van der Waals surface area contributed by atoms with Crippen molar-refractivity contribution >= 4 is 21.7 Å². The number of nitrogens with zero attached hydrogens (tertiary/aromatic N) is 1. The maximum atomic E-state index is 5.98. The number of aromatic nitrogens is 1. The lowest BCUT2D eigenvalue weighted by atomic mass is 9.98. The first-order valence-electron chi connectivity index (χ1n) is 7.30. The third-order valence-corrected chi connectivity index (χ3v) is 4.44. The minimum absolute atomic E-state index is 0.244. The largest absolute Gasteiger partial charge is 0.383 e. The van der Waals surface area contributed by atoms with Gasteiger partial charge in [0.15, 0.2) is 0 Å². The fourth-order valence-electron chi connectivity index (χ4n) is 2.30. The standard InChI is InChI=1S/C17H22BrN3/c1-3-8-20-16(11-14-5-4-9-21-17(14)19)13-7-6-12(2)15(18)10-13/h4-7,9-10,16,20H,3,8,11H2,1-2H3,(H2,19,21). The molecule has 0 radical (unpaired) electrons. The SMILES string of the molecule is CCCNC(Cc1cccnc1N)c1ccc(C)c(Br)c1. The van der Waals surface area contributed by atoms with Crippen LogP contribution in [0, 0.1) is 6.92 Å². The maximum absolute atomic E-state index is 5.98. The lowest BCUT2D eigenvalue weighted by molar-refractivity contribution is 0.529. The molecule has 2 rings (SSSR count). The van der Waals surface area contributed by atoms with Gasteiger partial charge in [-0.15, -0.1) is 0 Å². The zero-order valence-electron chi connectivity index (χ0n) is 12.6. The van der Waals surface area contributed by atoms with Crippen LogP contribution in [0.3, 0.4) is 0 Å². The fourth-order valence-corrected chi connectivity index (χ4v) is 2.69. The van der Waals surface area contributed by atoms with Crippen LogP contribution in [0.4, 0.5) is 5.82 Å². The van der Waals surface area contributed by atoms with Crippen LogP contribution in [0.25, 0.3) is 0 Å². The van der Waals surface area contributed by atoms with Gasteiger partial charge in [0.1, 0.15) is 5.82 Å². The molecule has 3 N–H and O–H groups in total. The number of benzene rings is 1. The number of pyridine rings is 1. The molecule has 0 saturated heterocycles. The summed E-state index contributed by atoms with van der Waals surface area (Å²) in [5.41, 5.74) is 9.58. The highest BCUT2D eigenvalue weighted by Gasteiger charge is 2.14. The summed E-state index contributed by atoms with van der Waals surface area (Å²) in [6.45, 7) is 5.26. The third-order valence-electron chi connectivity index (χ3n) is 3.59. The first kappa shape index (κ1) is 16.0. The Balaban J connectivity index is 2.25. The van der Waals surface area contributed by atoms with E-state index in [0.717, 1.165) is 29.4 Å². The van der Waals surface area contributed by atoms with E-state index < -0.39 is 0 Å². The zero-order chi connectivity index (χ0) is 15.2. The fraction of sp³-hybridized carbons (Fsp3) is 0.353. The van der Waals surface area contributed by atoms with Gasteiger partial charge in [0.2, 0.25) is 0 Å². The second kappa shape index (κ2) is 7.57. The van der Waals surface area contributed by atoms with Gasteiger partial charge in [0, 0.05) is 16.7 Å². The average molecular weight is 348 g/mol. The van der Waals surface area contributed by atoms with Crippen LogP contribution in [0.1, 0.15) is 36.1 Å². The molecule has 0 saturated carbocycles. The Morgan fingerprint density at radius 2 is 2.14 bits per heavy atom. The summed E-state index contributed by atoms with van der Waals surface area (Å²) in [6.07, 6.45) is 3.68. The molecule has 0 amide bonds. The van der Waals surface area contributed by atoms with Gasteiger partial charge < -0.3 is 11.1 Å². The van der Waals surface area contributed by atoms with Crippen LogP contribution >= 0.6 is 15.9 Å². The van der Waals surface area contributed by atoms with E-state index in [-0.39, 0.29) is 6.04 Å². The lowest BCUT2D eigenvalue weighted by Gasteiger charge is -2.20. The second-order valence-electron chi connectivity index (χ2n) is 5.27. The number of hydrogen-bond acceptors (Lipinski definition) is 3. The predicted molar refractivity (Wildman–Crippen MR) is 92.3 cm³/mol. The molecule has 1 aromatic heterocycles. The van der Waals surface area contributed by atoms with E-state index in [9.17, 15) is 0 Å². The molecule has 1 aromatic carbocycles. The van der Waals surface area contributed by atoms with Crippen molar-refractivity contribution in [3.8, 4) is 0 Å². The number of nitrogen functional groups attached to an aromatic ring is 1. The minimum atomic E-state index is 0.244. The topological polar surface area (TPSA) is 50.9 Å². The first-order chi connectivity index (χ1) is 10.1. The smallest absolute Gasteiger partial charge is 0.126 e. The van der Waals surface area contributed by atoms with E-state index in [0.29, 0.717) is 5.82 Å². The molecular formula is C17H22BrN3. The van der Waals surface area contributed by atoms with Crippen molar-refractivity contribution in [1.29, 1.82) is 0 Å². The third kappa shape index (κ3) is 4.29. The van der Waals surface area contributed by atoms with Crippen molar-refractivity contribution in [3.63, 3.8) is 0 Å². The molecule has 0 aliphatic carbocycles. The quantitative estimate of drug-likeness (QED) is 0.829. The Morgan fingerprint density at radius 1 is 1.33 bits per heavy atom. The van der Waals surface area contributed by atoms with Crippen LogP contribution in [-0.2, 0) is 6.42 Å². The monoisotopic (exact) mass is 347 g/mol. The minimum Gasteiger partial charge on any atom is -0.383 e. The van der Waals surface area contributed by atoms with E-state index in [1.165, 1.54) is 11.1 Å². The van der Waals surface area contributed by atoms with Crippen LogP contribution < -0.4 is 11.1 Å². The number of halogens is 1. The number of anilines is 1. The molecular weight excluding hydrogens is 326 g/mol. The summed E-state index contributed by atoms with van der Waals surface area (Å²) in [5.74, 6) is 0.618. The molecule has 1 unspecified atom stereocenters. The Morgan fingerprint density at radius 3 is 2.81 bits per heavy atom. The van der Waals surface area contributed by atoms with Gasteiger partial charge in [-0.1, -0.05) is 41.1 Å². The van der Waals surface area contributed by atoms with Gasteiger partial charge in [-0.25, -0.2) is 4.98 Å². The molecule has 21 heavy (non-hydrogen) atoms. The molecule has 1 heterocycles.